The third-order valence-corrected chi connectivity index (χ3v) is 4.40. The van der Waals surface area contributed by atoms with Crippen molar-refractivity contribution in [1.82, 2.24) is 25.1 Å². The highest BCUT2D eigenvalue weighted by Gasteiger charge is 2.23. The summed E-state index contributed by atoms with van der Waals surface area (Å²) in [7, 11) is 1.66. The molecule has 0 fully saturated rings. The fraction of sp³-hybridized carbons (Fsp3) is 0.529. The van der Waals surface area contributed by atoms with Crippen LogP contribution in [0.25, 0.3) is 11.4 Å². The molecular formula is C17H25N5O2S. The Morgan fingerprint density at radius 1 is 1.32 bits per heavy atom. The number of hydrogen-bond donors (Lipinski definition) is 1. The first kappa shape index (κ1) is 19.4. The summed E-state index contributed by atoms with van der Waals surface area (Å²) in [5.74, 6) is 0.717. The number of hydrogen-bond acceptors (Lipinski definition) is 6. The summed E-state index contributed by atoms with van der Waals surface area (Å²) in [5, 5.41) is 12.0. The Labute approximate surface area is 152 Å². The van der Waals surface area contributed by atoms with Gasteiger partial charge in [0.15, 0.2) is 11.0 Å². The Hall–Kier alpha value is -1.93. The zero-order valence-electron chi connectivity index (χ0n) is 15.3. The molecule has 0 aliphatic rings. The molecule has 0 aliphatic heterocycles. The molecular weight excluding hydrogens is 338 g/mol. The van der Waals surface area contributed by atoms with Crippen LogP contribution in [0.1, 0.15) is 27.7 Å². The minimum absolute atomic E-state index is 0.0238. The van der Waals surface area contributed by atoms with Crippen LogP contribution in [0.3, 0.4) is 0 Å². The maximum Gasteiger partial charge on any atom is 0.233 e. The lowest BCUT2D eigenvalue weighted by atomic mass is 10.1. The molecule has 0 aliphatic carbocycles. The van der Waals surface area contributed by atoms with E-state index < -0.39 is 0 Å². The SMILES string of the molecule is COCCn1c(SC(C)C(=O)NC(C)(C)C)nnc1-c1ccncc1. The Kier molecular flexibility index (Phi) is 6.55. The topological polar surface area (TPSA) is 81.9 Å². The molecule has 1 amide bonds. The van der Waals surface area contributed by atoms with Crippen LogP contribution < -0.4 is 5.32 Å². The molecule has 7 nitrogen and oxygen atoms in total. The van der Waals surface area contributed by atoms with Crippen LogP contribution >= 0.6 is 11.8 Å². The molecule has 0 spiro atoms. The number of nitrogens with one attached hydrogen (secondary N) is 1. The molecule has 1 atom stereocenters. The van der Waals surface area contributed by atoms with Crippen molar-refractivity contribution in [2.75, 3.05) is 13.7 Å². The van der Waals surface area contributed by atoms with Crippen molar-refractivity contribution in [3.05, 3.63) is 24.5 Å². The largest absolute Gasteiger partial charge is 0.383 e. The molecule has 0 saturated carbocycles. The number of aromatic nitrogens is 4. The molecule has 25 heavy (non-hydrogen) atoms. The van der Waals surface area contributed by atoms with Crippen LogP contribution in [0.5, 0.6) is 0 Å². The van der Waals surface area contributed by atoms with Crippen molar-refractivity contribution < 1.29 is 9.53 Å². The van der Waals surface area contributed by atoms with E-state index in [9.17, 15) is 4.79 Å². The maximum absolute atomic E-state index is 12.3. The van der Waals surface area contributed by atoms with E-state index in [1.165, 1.54) is 11.8 Å². The van der Waals surface area contributed by atoms with Gasteiger partial charge in [-0.15, -0.1) is 10.2 Å². The minimum atomic E-state index is -0.282. The van der Waals surface area contributed by atoms with E-state index in [1.807, 2.05) is 44.4 Å². The Bertz CT molecular complexity index is 697. The summed E-state index contributed by atoms with van der Waals surface area (Å²) < 4.78 is 7.18. The molecule has 0 radical (unpaired) electrons. The van der Waals surface area contributed by atoms with Crippen molar-refractivity contribution in [2.24, 2.45) is 0 Å². The standard InChI is InChI=1S/C17H25N5O2S/c1-12(15(23)19-17(2,3)4)25-16-21-20-14(22(16)10-11-24-5)13-6-8-18-9-7-13/h6-9,12H,10-11H2,1-5H3,(H,19,23). The molecule has 2 aromatic rings. The second-order valence-corrected chi connectivity index (χ2v) is 7.99. The number of thioether (sulfide) groups is 1. The third kappa shape index (κ3) is 5.54. The van der Waals surface area contributed by atoms with Crippen LogP contribution in [0.15, 0.2) is 29.7 Å². The number of rotatable bonds is 7. The number of carbonyl (C=O) groups excluding carboxylic acids is 1. The summed E-state index contributed by atoms with van der Waals surface area (Å²) >= 11 is 1.39. The zero-order valence-corrected chi connectivity index (χ0v) is 16.1. The number of methoxy groups -OCH3 is 1. The molecule has 8 heteroatoms. The number of carbonyl (C=O) groups is 1. The van der Waals surface area contributed by atoms with E-state index in [0.29, 0.717) is 18.3 Å². The molecule has 2 heterocycles. The number of nitrogens with zero attached hydrogens (tertiary/aromatic N) is 4. The van der Waals surface area contributed by atoms with Crippen molar-refractivity contribution in [1.29, 1.82) is 0 Å². The summed E-state index contributed by atoms with van der Waals surface area (Å²) in [6, 6.07) is 3.77. The average Bonchev–Trinajstić information content (AvgIpc) is 2.94. The lowest BCUT2D eigenvalue weighted by Gasteiger charge is -2.23. The number of amides is 1. The molecule has 0 aromatic carbocycles. The van der Waals surface area contributed by atoms with E-state index in [0.717, 1.165) is 11.4 Å². The first-order valence-corrected chi connectivity index (χ1v) is 9.01. The minimum Gasteiger partial charge on any atom is -0.383 e. The highest BCUT2D eigenvalue weighted by molar-refractivity contribution is 8.00. The van der Waals surface area contributed by atoms with Crippen LogP contribution in [0.2, 0.25) is 0 Å². The lowest BCUT2D eigenvalue weighted by Crippen LogP contribution is -2.44. The quantitative estimate of drug-likeness (QED) is 0.761. The molecule has 2 rings (SSSR count). The van der Waals surface area contributed by atoms with Gasteiger partial charge < -0.3 is 10.1 Å². The van der Waals surface area contributed by atoms with Gasteiger partial charge >= 0.3 is 0 Å². The first-order chi connectivity index (χ1) is 11.8. The second-order valence-electron chi connectivity index (χ2n) is 6.69. The van der Waals surface area contributed by atoms with Gasteiger partial charge in [-0.05, 0) is 39.8 Å². The normalized spacial score (nSPS) is 12.8. The predicted molar refractivity (Wildman–Crippen MR) is 98.3 cm³/mol. The fourth-order valence-electron chi connectivity index (χ4n) is 2.16. The number of pyridine rings is 1. The van der Waals surface area contributed by atoms with Gasteiger partial charge in [0, 0.05) is 30.6 Å². The molecule has 1 N–H and O–H groups in total. The highest BCUT2D eigenvalue weighted by atomic mass is 32.2. The smallest absolute Gasteiger partial charge is 0.233 e. The van der Waals surface area contributed by atoms with Gasteiger partial charge in [0.05, 0.1) is 18.4 Å². The molecule has 0 bridgehead atoms. The van der Waals surface area contributed by atoms with Crippen molar-refractivity contribution in [3.63, 3.8) is 0 Å². The second kappa shape index (κ2) is 8.44. The third-order valence-electron chi connectivity index (χ3n) is 3.32. The monoisotopic (exact) mass is 363 g/mol. The lowest BCUT2D eigenvalue weighted by molar-refractivity contribution is -0.121. The summed E-state index contributed by atoms with van der Waals surface area (Å²) in [6.45, 7) is 8.90. The highest BCUT2D eigenvalue weighted by Crippen LogP contribution is 2.27. The van der Waals surface area contributed by atoms with Gasteiger partial charge in [0.25, 0.3) is 0 Å². The van der Waals surface area contributed by atoms with E-state index >= 15 is 0 Å². The van der Waals surface area contributed by atoms with Crippen molar-refractivity contribution in [2.45, 2.75) is 50.2 Å². The van der Waals surface area contributed by atoms with E-state index in [1.54, 1.807) is 19.5 Å². The zero-order chi connectivity index (χ0) is 18.4. The first-order valence-electron chi connectivity index (χ1n) is 8.13. The Morgan fingerprint density at radius 3 is 2.60 bits per heavy atom. The van der Waals surface area contributed by atoms with Gasteiger partial charge in [-0.2, -0.15) is 0 Å². The van der Waals surface area contributed by atoms with Gasteiger partial charge in [0.2, 0.25) is 5.91 Å². The molecule has 136 valence electrons. The van der Waals surface area contributed by atoms with E-state index in [-0.39, 0.29) is 16.7 Å². The van der Waals surface area contributed by atoms with E-state index in [2.05, 4.69) is 20.5 Å². The predicted octanol–water partition coefficient (Wildman–Crippen LogP) is 2.38. The molecule has 0 saturated heterocycles. The summed E-state index contributed by atoms with van der Waals surface area (Å²) in [6.07, 6.45) is 3.44. The van der Waals surface area contributed by atoms with Crippen molar-refractivity contribution in [3.8, 4) is 11.4 Å². The van der Waals surface area contributed by atoms with Crippen LogP contribution in [-0.2, 0) is 16.1 Å². The summed E-state index contributed by atoms with van der Waals surface area (Å²) in [5.41, 5.74) is 0.662. The van der Waals surface area contributed by atoms with E-state index in [4.69, 9.17) is 4.74 Å². The van der Waals surface area contributed by atoms with Crippen LogP contribution in [0, 0.1) is 0 Å². The van der Waals surface area contributed by atoms with Gasteiger partial charge in [-0.3, -0.25) is 14.3 Å². The van der Waals surface area contributed by atoms with Crippen LogP contribution in [0.4, 0.5) is 0 Å². The Balaban J connectivity index is 2.22. The molecule has 2 aromatic heterocycles. The summed E-state index contributed by atoms with van der Waals surface area (Å²) in [4.78, 5) is 16.4. The number of ether oxygens (including phenoxy) is 1. The van der Waals surface area contributed by atoms with Crippen molar-refractivity contribution >= 4 is 17.7 Å². The maximum atomic E-state index is 12.3. The fourth-order valence-corrected chi connectivity index (χ4v) is 3.03. The molecule has 1 unspecified atom stereocenters. The van der Waals surface area contributed by atoms with Gasteiger partial charge in [-0.25, -0.2) is 0 Å². The van der Waals surface area contributed by atoms with Gasteiger partial charge in [0.1, 0.15) is 0 Å². The van der Waals surface area contributed by atoms with Gasteiger partial charge in [-0.1, -0.05) is 11.8 Å². The average molecular weight is 363 g/mol. The Morgan fingerprint density at radius 2 is 2.00 bits per heavy atom. The van der Waals surface area contributed by atoms with Crippen LogP contribution in [-0.4, -0.2) is 50.2 Å².